The van der Waals surface area contributed by atoms with Crippen LogP contribution in [-0.2, 0) is 0 Å². The van der Waals surface area contributed by atoms with E-state index in [0.717, 1.165) is 12.2 Å². The second-order valence-corrected chi connectivity index (χ2v) is 6.62. The Balaban J connectivity index is 1.72. The predicted octanol–water partition coefficient (Wildman–Crippen LogP) is 3.93. The van der Waals surface area contributed by atoms with Crippen LogP contribution in [0.4, 0.5) is 5.69 Å². The molecule has 0 bridgehead atoms. The fourth-order valence-electron chi connectivity index (χ4n) is 3.81. The Labute approximate surface area is 131 Å². The topological polar surface area (TPSA) is 47.9 Å². The maximum Gasteiger partial charge on any atom is 0.101 e. The molecule has 0 amide bonds. The quantitative estimate of drug-likeness (QED) is 0.889. The highest BCUT2D eigenvalue weighted by molar-refractivity contribution is 6.32. The average Bonchev–Trinajstić information content (AvgIpc) is 3.02. The number of nitrogens with zero attached hydrogens (tertiary/aromatic N) is 1. The smallest absolute Gasteiger partial charge is 0.101 e. The largest absolute Gasteiger partial charge is 0.382 e. The number of halogens is 1. The monoisotopic (exact) mass is 303 g/mol. The number of nitrogens with one attached hydrogen (secondary N) is 2. The Morgan fingerprint density at radius 3 is 2.76 bits per heavy atom. The van der Waals surface area contributed by atoms with E-state index in [4.69, 9.17) is 16.9 Å². The Kier molecular flexibility index (Phi) is 4.67. The van der Waals surface area contributed by atoms with Gasteiger partial charge >= 0.3 is 0 Å². The number of nitriles is 1. The molecule has 0 aromatic heterocycles. The first-order valence-corrected chi connectivity index (χ1v) is 8.35. The highest BCUT2D eigenvalue weighted by Crippen LogP contribution is 2.33. The summed E-state index contributed by atoms with van der Waals surface area (Å²) in [5.74, 6) is 0.704. The minimum absolute atomic E-state index is 0.512. The summed E-state index contributed by atoms with van der Waals surface area (Å²) < 4.78 is 0. The van der Waals surface area contributed by atoms with Gasteiger partial charge in [-0.1, -0.05) is 24.4 Å². The molecule has 3 rings (SSSR count). The normalized spacial score (nSPS) is 29.0. The number of anilines is 1. The molecular formula is C17H22ClN3. The zero-order valence-electron chi connectivity index (χ0n) is 12.2. The van der Waals surface area contributed by atoms with Crippen molar-refractivity contribution in [3.8, 4) is 6.07 Å². The van der Waals surface area contributed by atoms with Crippen LogP contribution < -0.4 is 10.6 Å². The van der Waals surface area contributed by atoms with Gasteiger partial charge in [-0.2, -0.15) is 5.26 Å². The maximum atomic E-state index is 8.95. The second kappa shape index (κ2) is 6.68. The summed E-state index contributed by atoms with van der Waals surface area (Å²) in [5.41, 5.74) is 1.58. The molecule has 0 spiro atoms. The lowest BCUT2D eigenvalue weighted by Crippen LogP contribution is -2.43. The molecule has 1 aliphatic heterocycles. The summed E-state index contributed by atoms with van der Waals surface area (Å²) >= 11 is 6.14. The SMILES string of the molecule is N#Cc1ccc(NC2CCCCC2C2CCCN2)cc1Cl. The van der Waals surface area contributed by atoms with E-state index in [0.29, 0.717) is 28.6 Å². The van der Waals surface area contributed by atoms with Crippen LogP contribution in [0.3, 0.4) is 0 Å². The molecule has 3 atom stereocenters. The number of benzene rings is 1. The van der Waals surface area contributed by atoms with E-state index in [1.54, 1.807) is 6.07 Å². The van der Waals surface area contributed by atoms with Crippen molar-refractivity contribution in [1.29, 1.82) is 5.26 Å². The molecule has 2 N–H and O–H groups in total. The van der Waals surface area contributed by atoms with Gasteiger partial charge in [-0.05, 0) is 56.3 Å². The van der Waals surface area contributed by atoms with E-state index in [2.05, 4.69) is 16.7 Å². The molecule has 1 saturated carbocycles. The van der Waals surface area contributed by atoms with Gasteiger partial charge in [0.15, 0.2) is 0 Å². The fraction of sp³-hybridized carbons (Fsp3) is 0.588. The molecule has 112 valence electrons. The summed E-state index contributed by atoms with van der Waals surface area (Å²) in [5, 5.41) is 16.8. The van der Waals surface area contributed by atoms with Gasteiger partial charge in [0.2, 0.25) is 0 Å². The number of hydrogen-bond acceptors (Lipinski definition) is 3. The second-order valence-electron chi connectivity index (χ2n) is 6.21. The molecular weight excluding hydrogens is 282 g/mol. The molecule has 0 radical (unpaired) electrons. The molecule has 1 aromatic rings. The summed E-state index contributed by atoms with van der Waals surface area (Å²) in [7, 11) is 0. The third-order valence-corrected chi connectivity index (χ3v) is 5.19. The van der Waals surface area contributed by atoms with Crippen LogP contribution in [0.2, 0.25) is 5.02 Å². The van der Waals surface area contributed by atoms with E-state index in [9.17, 15) is 0 Å². The first-order valence-electron chi connectivity index (χ1n) is 7.97. The molecule has 1 saturated heterocycles. The lowest BCUT2D eigenvalue weighted by molar-refractivity contribution is 0.263. The van der Waals surface area contributed by atoms with Gasteiger partial charge in [-0.3, -0.25) is 0 Å². The van der Waals surface area contributed by atoms with Gasteiger partial charge < -0.3 is 10.6 Å². The van der Waals surface area contributed by atoms with Gasteiger partial charge in [0, 0.05) is 17.8 Å². The van der Waals surface area contributed by atoms with Gasteiger partial charge in [-0.15, -0.1) is 0 Å². The first kappa shape index (κ1) is 14.7. The van der Waals surface area contributed by atoms with Crippen molar-refractivity contribution in [2.24, 2.45) is 5.92 Å². The Bertz CT molecular complexity index is 531. The van der Waals surface area contributed by atoms with Gasteiger partial charge in [-0.25, -0.2) is 0 Å². The minimum atomic E-state index is 0.512. The van der Waals surface area contributed by atoms with Crippen LogP contribution in [0.25, 0.3) is 0 Å². The molecule has 2 fully saturated rings. The molecule has 21 heavy (non-hydrogen) atoms. The summed E-state index contributed by atoms with van der Waals surface area (Å²) in [6.45, 7) is 1.16. The fourth-order valence-corrected chi connectivity index (χ4v) is 4.03. The molecule has 3 unspecified atom stereocenters. The predicted molar refractivity (Wildman–Crippen MR) is 86.6 cm³/mol. The highest BCUT2D eigenvalue weighted by atomic mass is 35.5. The zero-order valence-corrected chi connectivity index (χ0v) is 13.0. The van der Waals surface area contributed by atoms with Crippen LogP contribution in [0, 0.1) is 17.2 Å². The molecule has 3 nitrogen and oxygen atoms in total. The van der Waals surface area contributed by atoms with Crippen molar-refractivity contribution >= 4 is 17.3 Å². The molecule has 4 heteroatoms. The third kappa shape index (κ3) is 3.33. The summed E-state index contributed by atoms with van der Waals surface area (Å²) in [4.78, 5) is 0. The molecule has 2 aliphatic rings. The van der Waals surface area contributed by atoms with Crippen molar-refractivity contribution in [1.82, 2.24) is 5.32 Å². The average molecular weight is 304 g/mol. The van der Waals surface area contributed by atoms with Gasteiger partial charge in [0.05, 0.1) is 10.6 Å². The number of hydrogen-bond donors (Lipinski definition) is 2. The van der Waals surface area contributed by atoms with Crippen LogP contribution >= 0.6 is 11.6 Å². The van der Waals surface area contributed by atoms with Crippen molar-refractivity contribution < 1.29 is 0 Å². The zero-order chi connectivity index (χ0) is 14.7. The Morgan fingerprint density at radius 1 is 1.19 bits per heavy atom. The highest BCUT2D eigenvalue weighted by Gasteiger charge is 2.33. The van der Waals surface area contributed by atoms with Crippen molar-refractivity contribution in [3.63, 3.8) is 0 Å². The third-order valence-electron chi connectivity index (χ3n) is 4.88. The molecule has 1 aromatic carbocycles. The summed E-state index contributed by atoms with van der Waals surface area (Å²) in [6, 6.07) is 8.94. The lowest BCUT2D eigenvalue weighted by atomic mass is 9.79. The summed E-state index contributed by atoms with van der Waals surface area (Å²) in [6.07, 6.45) is 7.77. The van der Waals surface area contributed by atoms with Crippen LogP contribution in [-0.4, -0.2) is 18.6 Å². The maximum absolute atomic E-state index is 8.95. The van der Waals surface area contributed by atoms with E-state index >= 15 is 0 Å². The van der Waals surface area contributed by atoms with Crippen LogP contribution in [0.1, 0.15) is 44.1 Å². The standard InChI is InChI=1S/C17H22ClN3/c18-15-10-13(8-7-12(15)11-19)21-17-5-2-1-4-14(17)16-6-3-9-20-16/h7-8,10,14,16-17,20-21H,1-6,9H2. The van der Waals surface area contributed by atoms with E-state index in [-0.39, 0.29) is 0 Å². The Hall–Kier alpha value is -1.24. The van der Waals surface area contributed by atoms with E-state index in [1.807, 2.05) is 12.1 Å². The van der Waals surface area contributed by atoms with Crippen molar-refractivity contribution in [2.75, 3.05) is 11.9 Å². The molecule has 1 aliphatic carbocycles. The molecule has 1 heterocycles. The number of rotatable bonds is 3. The van der Waals surface area contributed by atoms with Gasteiger partial charge in [0.25, 0.3) is 0 Å². The lowest BCUT2D eigenvalue weighted by Gasteiger charge is -2.36. The van der Waals surface area contributed by atoms with Gasteiger partial charge in [0.1, 0.15) is 6.07 Å². The Morgan fingerprint density at radius 2 is 2.05 bits per heavy atom. The van der Waals surface area contributed by atoms with Crippen LogP contribution in [0.5, 0.6) is 0 Å². The van der Waals surface area contributed by atoms with Crippen LogP contribution in [0.15, 0.2) is 18.2 Å². The van der Waals surface area contributed by atoms with Crippen molar-refractivity contribution in [2.45, 2.75) is 50.6 Å². The van der Waals surface area contributed by atoms with Crippen molar-refractivity contribution in [3.05, 3.63) is 28.8 Å². The first-order chi connectivity index (χ1) is 10.3. The minimum Gasteiger partial charge on any atom is -0.382 e. The van der Waals surface area contributed by atoms with E-state index in [1.165, 1.54) is 38.5 Å². The van der Waals surface area contributed by atoms with E-state index < -0.39 is 0 Å².